The number of rotatable bonds is 4. The summed E-state index contributed by atoms with van der Waals surface area (Å²) in [5, 5.41) is 2.69. The molecule has 0 radical (unpaired) electrons. The van der Waals surface area contributed by atoms with Crippen LogP contribution < -0.4 is 15.1 Å². The van der Waals surface area contributed by atoms with Crippen LogP contribution in [0.15, 0.2) is 78.9 Å². The van der Waals surface area contributed by atoms with Crippen LogP contribution in [-0.4, -0.2) is 32.1 Å². The normalized spacial score (nSPS) is 14.4. The van der Waals surface area contributed by atoms with E-state index in [4.69, 9.17) is 0 Å². The highest BCUT2D eigenvalue weighted by atomic mass is 19.4. The van der Waals surface area contributed by atoms with Crippen molar-refractivity contribution in [1.82, 2.24) is 0 Å². The van der Waals surface area contributed by atoms with Crippen molar-refractivity contribution in [2.24, 2.45) is 0 Å². The minimum Gasteiger partial charge on any atom is -0.368 e. The molecule has 0 bridgehead atoms. The van der Waals surface area contributed by atoms with E-state index in [1.807, 2.05) is 35.2 Å². The monoisotopic (exact) mass is 425 g/mol. The molecule has 31 heavy (non-hydrogen) atoms. The van der Waals surface area contributed by atoms with Crippen LogP contribution in [0.3, 0.4) is 0 Å². The van der Waals surface area contributed by atoms with Crippen molar-refractivity contribution in [1.29, 1.82) is 0 Å². The highest BCUT2D eigenvalue weighted by Gasteiger charge is 2.32. The van der Waals surface area contributed by atoms with Crippen LogP contribution >= 0.6 is 0 Å². The van der Waals surface area contributed by atoms with E-state index in [-0.39, 0.29) is 5.69 Å². The van der Waals surface area contributed by atoms with Gasteiger partial charge < -0.3 is 15.1 Å². The molecule has 4 rings (SSSR count). The van der Waals surface area contributed by atoms with Gasteiger partial charge in [0.05, 0.1) is 16.9 Å². The molecule has 7 heteroatoms. The van der Waals surface area contributed by atoms with Gasteiger partial charge in [-0.25, -0.2) is 0 Å². The minimum absolute atomic E-state index is 0.164. The first-order valence-corrected chi connectivity index (χ1v) is 10.0. The van der Waals surface area contributed by atoms with E-state index in [1.165, 1.54) is 6.07 Å². The van der Waals surface area contributed by atoms with Gasteiger partial charge in [-0.05, 0) is 42.5 Å². The van der Waals surface area contributed by atoms with E-state index in [0.29, 0.717) is 24.3 Å². The van der Waals surface area contributed by atoms with Crippen molar-refractivity contribution in [3.8, 4) is 0 Å². The molecule has 0 atom stereocenters. The van der Waals surface area contributed by atoms with Gasteiger partial charge in [-0.15, -0.1) is 0 Å². The Bertz CT molecular complexity index is 1030. The van der Waals surface area contributed by atoms with E-state index in [9.17, 15) is 18.0 Å². The third-order valence-corrected chi connectivity index (χ3v) is 5.35. The summed E-state index contributed by atoms with van der Waals surface area (Å²) in [7, 11) is 0. The number of piperazine rings is 1. The molecule has 4 nitrogen and oxygen atoms in total. The number of anilines is 3. The average molecular weight is 425 g/mol. The Labute approximate surface area is 178 Å². The predicted octanol–water partition coefficient (Wildman–Crippen LogP) is 5.28. The zero-order chi connectivity index (χ0) is 21.8. The van der Waals surface area contributed by atoms with Gasteiger partial charge in [0.2, 0.25) is 0 Å². The quantitative estimate of drug-likeness (QED) is 0.618. The molecule has 1 heterocycles. The second kappa shape index (κ2) is 8.71. The number of amides is 1. The molecule has 1 saturated heterocycles. The van der Waals surface area contributed by atoms with Gasteiger partial charge >= 0.3 is 6.18 Å². The molecule has 1 aliphatic rings. The number of alkyl halides is 3. The third kappa shape index (κ3) is 4.82. The van der Waals surface area contributed by atoms with Crippen LogP contribution in [0, 0.1) is 0 Å². The van der Waals surface area contributed by atoms with E-state index in [0.717, 1.165) is 30.9 Å². The van der Waals surface area contributed by atoms with Crippen LogP contribution in [0.1, 0.15) is 15.9 Å². The average Bonchev–Trinajstić information content (AvgIpc) is 2.80. The Morgan fingerprint density at radius 3 is 1.97 bits per heavy atom. The molecular weight excluding hydrogens is 403 g/mol. The number of hydrogen-bond acceptors (Lipinski definition) is 3. The van der Waals surface area contributed by atoms with Crippen LogP contribution in [0.25, 0.3) is 0 Å². The molecule has 3 aromatic carbocycles. The molecule has 160 valence electrons. The van der Waals surface area contributed by atoms with Gasteiger partial charge in [0.25, 0.3) is 5.91 Å². The lowest BCUT2D eigenvalue weighted by Gasteiger charge is -2.38. The first-order chi connectivity index (χ1) is 14.9. The fourth-order valence-corrected chi connectivity index (χ4v) is 3.72. The summed E-state index contributed by atoms with van der Waals surface area (Å²) < 4.78 is 39.9. The summed E-state index contributed by atoms with van der Waals surface area (Å²) in [6, 6.07) is 22.0. The SMILES string of the molecule is O=C(Nc1cc(C(F)(F)F)ccc1N1CCN(c2ccccc2)CC1)c1ccccc1. The number of carbonyl (C=O) groups is 1. The van der Waals surface area contributed by atoms with Gasteiger partial charge in [0.1, 0.15) is 0 Å². The summed E-state index contributed by atoms with van der Waals surface area (Å²) in [6.07, 6.45) is -4.49. The number of halogens is 3. The Hall–Kier alpha value is -3.48. The molecule has 3 aromatic rings. The van der Waals surface area contributed by atoms with Gasteiger partial charge in [-0.2, -0.15) is 13.2 Å². The van der Waals surface area contributed by atoms with Crippen LogP contribution in [0.4, 0.5) is 30.2 Å². The molecule has 1 amide bonds. The summed E-state index contributed by atoms with van der Waals surface area (Å²) in [5.74, 6) is -0.441. The van der Waals surface area contributed by atoms with E-state index < -0.39 is 17.6 Å². The van der Waals surface area contributed by atoms with E-state index in [1.54, 1.807) is 30.3 Å². The van der Waals surface area contributed by atoms with Crippen molar-refractivity contribution < 1.29 is 18.0 Å². The van der Waals surface area contributed by atoms with Crippen LogP contribution in [0.5, 0.6) is 0 Å². The van der Waals surface area contributed by atoms with Gasteiger partial charge in [0.15, 0.2) is 0 Å². The lowest BCUT2D eigenvalue weighted by Crippen LogP contribution is -2.46. The highest BCUT2D eigenvalue weighted by molar-refractivity contribution is 6.06. The van der Waals surface area contributed by atoms with E-state index >= 15 is 0 Å². The summed E-state index contributed by atoms with van der Waals surface area (Å²) in [4.78, 5) is 16.9. The number of para-hydroxylation sites is 1. The second-order valence-corrected chi connectivity index (χ2v) is 7.36. The standard InChI is InChI=1S/C24H22F3N3O/c25-24(26,27)19-11-12-22(21(17-19)28-23(31)18-7-3-1-4-8-18)30-15-13-29(14-16-30)20-9-5-2-6-10-20/h1-12,17H,13-16H2,(H,28,31). The number of nitrogens with zero attached hydrogens (tertiary/aromatic N) is 2. The van der Waals surface area contributed by atoms with Crippen molar-refractivity contribution >= 4 is 23.0 Å². The molecule has 1 N–H and O–H groups in total. The van der Waals surface area contributed by atoms with Crippen LogP contribution in [-0.2, 0) is 6.18 Å². The number of hydrogen-bond donors (Lipinski definition) is 1. The molecule has 0 aliphatic carbocycles. The summed E-state index contributed by atoms with van der Waals surface area (Å²) >= 11 is 0. The molecule has 0 spiro atoms. The summed E-state index contributed by atoms with van der Waals surface area (Å²) in [6.45, 7) is 2.73. The molecule has 0 unspecified atom stereocenters. The van der Waals surface area contributed by atoms with E-state index in [2.05, 4.69) is 10.2 Å². The van der Waals surface area contributed by atoms with Gasteiger partial charge in [-0.3, -0.25) is 4.79 Å². The first-order valence-electron chi connectivity index (χ1n) is 10.0. The molecule has 0 aromatic heterocycles. The van der Waals surface area contributed by atoms with Gasteiger partial charge in [-0.1, -0.05) is 36.4 Å². The molecule has 1 aliphatic heterocycles. The first kappa shape index (κ1) is 20.8. The topological polar surface area (TPSA) is 35.6 Å². The Kier molecular flexibility index (Phi) is 5.84. The third-order valence-electron chi connectivity index (χ3n) is 5.35. The number of nitrogens with one attached hydrogen (secondary N) is 1. The molecular formula is C24H22F3N3O. The lowest BCUT2D eigenvalue weighted by molar-refractivity contribution is -0.137. The number of benzene rings is 3. The van der Waals surface area contributed by atoms with Crippen LogP contribution in [0.2, 0.25) is 0 Å². The largest absolute Gasteiger partial charge is 0.416 e. The van der Waals surface area contributed by atoms with Gasteiger partial charge in [0, 0.05) is 37.4 Å². The Morgan fingerprint density at radius 2 is 1.35 bits per heavy atom. The minimum atomic E-state index is -4.49. The fourth-order valence-electron chi connectivity index (χ4n) is 3.72. The lowest BCUT2D eigenvalue weighted by atomic mass is 10.1. The maximum atomic E-state index is 13.3. The van der Waals surface area contributed by atoms with Crippen molar-refractivity contribution in [2.75, 3.05) is 41.3 Å². The number of carbonyl (C=O) groups excluding carboxylic acids is 1. The van der Waals surface area contributed by atoms with Crippen molar-refractivity contribution in [3.63, 3.8) is 0 Å². The molecule has 1 fully saturated rings. The maximum Gasteiger partial charge on any atom is 0.416 e. The Balaban J connectivity index is 1.57. The molecule has 0 saturated carbocycles. The fraction of sp³-hybridized carbons (Fsp3) is 0.208. The van der Waals surface area contributed by atoms with Crippen molar-refractivity contribution in [3.05, 3.63) is 90.0 Å². The second-order valence-electron chi connectivity index (χ2n) is 7.36. The zero-order valence-corrected chi connectivity index (χ0v) is 16.8. The highest BCUT2D eigenvalue weighted by Crippen LogP contribution is 2.36. The Morgan fingerprint density at radius 1 is 0.774 bits per heavy atom. The summed E-state index contributed by atoms with van der Waals surface area (Å²) in [5.41, 5.74) is 1.47. The maximum absolute atomic E-state index is 13.3. The van der Waals surface area contributed by atoms with Crippen molar-refractivity contribution in [2.45, 2.75) is 6.18 Å². The smallest absolute Gasteiger partial charge is 0.368 e. The zero-order valence-electron chi connectivity index (χ0n) is 16.8. The predicted molar refractivity (Wildman–Crippen MR) is 117 cm³/mol.